The molecule has 2 amide bonds. The van der Waals surface area contributed by atoms with Gasteiger partial charge in [-0.15, -0.1) is 0 Å². The first-order valence-electron chi connectivity index (χ1n) is 9.55. The van der Waals surface area contributed by atoms with Crippen molar-refractivity contribution >= 4 is 11.8 Å². The van der Waals surface area contributed by atoms with Crippen molar-refractivity contribution in [3.05, 3.63) is 59.4 Å². The maximum absolute atomic E-state index is 12.9. The molecule has 8 heteroatoms. The highest BCUT2D eigenvalue weighted by atomic mass is 19.1. The number of benzene rings is 2. The summed E-state index contributed by atoms with van der Waals surface area (Å²) in [5, 5.41) is 2.84. The molecule has 2 aliphatic heterocycles. The molecule has 1 saturated heterocycles. The number of nitrogens with one attached hydrogen (secondary N) is 1. The quantitative estimate of drug-likeness (QED) is 0.830. The van der Waals surface area contributed by atoms with Crippen LogP contribution >= 0.6 is 0 Å². The average Bonchev–Trinajstić information content (AvgIpc) is 3.22. The SMILES string of the molecule is O=C(NCCN1CCN(C(=O)c2ccc3c(c2)OCO3)CC1)c1ccc(F)cc1. The topological polar surface area (TPSA) is 71.1 Å². The third-order valence-corrected chi connectivity index (χ3v) is 5.10. The molecule has 2 aliphatic rings. The number of piperazine rings is 1. The van der Waals surface area contributed by atoms with Gasteiger partial charge in [0.25, 0.3) is 11.8 Å². The molecule has 0 spiro atoms. The van der Waals surface area contributed by atoms with Crippen LogP contribution in [-0.2, 0) is 0 Å². The number of carbonyl (C=O) groups excluding carboxylic acids is 2. The number of fused-ring (bicyclic) bond motifs is 1. The first-order valence-corrected chi connectivity index (χ1v) is 9.55. The number of rotatable bonds is 5. The first-order chi connectivity index (χ1) is 14.1. The zero-order valence-corrected chi connectivity index (χ0v) is 15.9. The van der Waals surface area contributed by atoms with E-state index in [-0.39, 0.29) is 24.4 Å². The van der Waals surface area contributed by atoms with E-state index in [1.54, 1.807) is 18.2 Å². The fraction of sp³-hybridized carbons (Fsp3) is 0.333. The number of nitrogens with zero attached hydrogens (tertiary/aromatic N) is 2. The fourth-order valence-corrected chi connectivity index (χ4v) is 3.42. The van der Waals surface area contributed by atoms with Crippen LogP contribution in [0, 0.1) is 5.82 Å². The number of hydrogen-bond acceptors (Lipinski definition) is 5. The van der Waals surface area contributed by atoms with Crippen LogP contribution in [0.25, 0.3) is 0 Å². The smallest absolute Gasteiger partial charge is 0.254 e. The number of hydrogen-bond donors (Lipinski definition) is 1. The highest BCUT2D eigenvalue weighted by Gasteiger charge is 2.24. The minimum absolute atomic E-state index is 0.0208. The Morgan fingerprint density at radius 2 is 1.62 bits per heavy atom. The molecule has 4 rings (SSSR count). The lowest BCUT2D eigenvalue weighted by atomic mass is 10.1. The number of halogens is 1. The molecule has 0 aliphatic carbocycles. The zero-order valence-electron chi connectivity index (χ0n) is 15.9. The maximum Gasteiger partial charge on any atom is 0.254 e. The summed E-state index contributed by atoms with van der Waals surface area (Å²) in [5.41, 5.74) is 1.03. The Labute approximate surface area is 168 Å². The third-order valence-electron chi connectivity index (χ3n) is 5.10. The van der Waals surface area contributed by atoms with E-state index < -0.39 is 0 Å². The van der Waals surface area contributed by atoms with Gasteiger partial charge in [0.2, 0.25) is 6.79 Å². The van der Waals surface area contributed by atoms with Crippen molar-refractivity contribution in [3.8, 4) is 11.5 Å². The Morgan fingerprint density at radius 3 is 2.38 bits per heavy atom. The van der Waals surface area contributed by atoms with Gasteiger partial charge in [0, 0.05) is 50.4 Å². The molecule has 1 fully saturated rings. The summed E-state index contributed by atoms with van der Waals surface area (Å²) >= 11 is 0. The molecule has 2 aromatic carbocycles. The minimum Gasteiger partial charge on any atom is -0.454 e. The van der Waals surface area contributed by atoms with E-state index in [4.69, 9.17) is 9.47 Å². The van der Waals surface area contributed by atoms with E-state index >= 15 is 0 Å². The van der Waals surface area contributed by atoms with E-state index in [1.165, 1.54) is 24.3 Å². The molecule has 0 bridgehead atoms. The second-order valence-electron chi connectivity index (χ2n) is 6.96. The van der Waals surface area contributed by atoms with Crippen LogP contribution in [0.15, 0.2) is 42.5 Å². The average molecular weight is 399 g/mol. The predicted molar refractivity (Wildman–Crippen MR) is 104 cm³/mol. The molecule has 7 nitrogen and oxygen atoms in total. The highest BCUT2D eigenvalue weighted by molar-refractivity contribution is 5.95. The van der Waals surface area contributed by atoms with Gasteiger partial charge in [-0.25, -0.2) is 4.39 Å². The first kappa shape index (κ1) is 19.2. The number of amides is 2. The van der Waals surface area contributed by atoms with Crippen molar-refractivity contribution in [1.29, 1.82) is 0 Å². The number of carbonyl (C=O) groups is 2. The van der Waals surface area contributed by atoms with Gasteiger partial charge in [0.1, 0.15) is 5.82 Å². The minimum atomic E-state index is -0.366. The molecule has 0 aromatic heterocycles. The van der Waals surface area contributed by atoms with Crippen LogP contribution < -0.4 is 14.8 Å². The normalized spacial score (nSPS) is 16.0. The van der Waals surface area contributed by atoms with E-state index in [0.717, 1.165) is 13.1 Å². The fourth-order valence-electron chi connectivity index (χ4n) is 3.42. The van der Waals surface area contributed by atoms with Crippen molar-refractivity contribution < 1.29 is 23.5 Å². The van der Waals surface area contributed by atoms with Crippen molar-refractivity contribution in [3.63, 3.8) is 0 Å². The lowest BCUT2D eigenvalue weighted by Gasteiger charge is -2.34. The van der Waals surface area contributed by atoms with Crippen LogP contribution in [0.2, 0.25) is 0 Å². The molecule has 0 saturated carbocycles. The summed E-state index contributed by atoms with van der Waals surface area (Å²) in [6.07, 6.45) is 0. The summed E-state index contributed by atoms with van der Waals surface area (Å²) in [5.74, 6) is 0.657. The molecule has 0 radical (unpaired) electrons. The Morgan fingerprint density at radius 1 is 0.931 bits per heavy atom. The highest BCUT2D eigenvalue weighted by Crippen LogP contribution is 2.32. The van der Waals surface area contributed by atoms with Gasteiger partial charge in [-0.2, -0.15) is 0 Å². The summed E-state index contributed by atoms with van der Waals surface area (Å²) in [4.78, 5) is 28.8. The zero-order chi connectivity index (χ0) is 20.2. The lowest BCUT2D eigenvalue weighted by molar-refractivity contribution is 0.0637. The summed E-state index contributed by atoms with van der Waals surface area (Å²) in [6.45, 7) is 4.10. The van der Waals surface area contributed by atoms with Crippen LogP contribution in [0.4, 0.5) is 4.39 Å². The van der Waals surface area contributed by atoms with Crippen LogP contribution in [-0.4, -0.2) is 67.7 Å². The van der Waals surface area contributed by atoms with E-state index in [2.05, 4.69) is 10.2 Å². The molecule has 152 valence electrons. The second-order valence-corrected chi connectivity index (χ2v) is 6.96. The molecule has 1 N–H and O–H groups in total. The van der Waals surface area contributed by atoms with Crippen LogP contribution in [0.1, 0.15) is 20.7 Å². The molecule has 0 unspecified atom stereocenters. The Kier molecular flexibility index (Phi) is 5.62. The maximum atomic E-state index is 12.9. The van der Waals surface area contributed by atoms with Crippen molar-refractivity contribution in [2.75, 3.05) is 46.1 Å². The van der Waals surface area contributed by atoms with Gasteiger partial charge in [-0.3, -0.25) is 14.5 Å². The van der Waals surface area contributed by atoms with Gasteiger partial charge in [0.05, 0.1) is 0 Å². The third kappa shape index (κ3) is 4.48. The van der Waals surface area contributed by atoms with Gasteiger partial charge in [-0.05, 0) is 42.5 Å². The van der Waals surface area contributed by atoms with Gasteiger partial charge in [0.15, 0.2) is 11.5 Å². The summed E-state index contributed by atoms with van der Waals surface area (Å²) < 4.78 is 23.5. The van der Waals surface area contributed by atoms with E-state index in [1.807, 2.05) is 4.90 Å². The second kappa shape index (κ2) is 8.48. The Hall–Kier alpha value is -3.13. The van der Waals surface area contributed by atoms with Crippen molar-refractivity contribution in [2.45, 2.75) is 0 Å². The summed E-state index contributed by atoms with van der Waals surface area (Å²) in [7, 11) is 0. The Bertz CT molecular complexity index is 895. The van der Waals surface area contributed by atoms with Crippen molar-refractivity contribution in [2.24, 2.45) is 0 Å². The largest absolute Gasteiger partial charge is 0.454 e. The standard InChI is InChI=1S/C21H22FN3O4/c22-17-4-1-15(2-5-17)20(26)23-7-8-24-9-11-25(12-10-24)21(27)16-3-6-18-19(13-16)29-14-28-18/h1-6,13H,7-12,14H2,(H,23,26). The predicted octanol–water partition coefficient (Wildman–Crippen LogP) is 1.74. The number of ether oxygens (including phenoxy) is 2. The van der Waals surface area contributed by atoms with Gasteiger partial charge in [-0.1, -0.05) is 0 Å². The molecule has 29 heavy (non-hydrogen) atoms. The van der Waals surface area contributed by atoms with Gasteiger partial charge < -0.3 is 19.7 Å². The van der Waals surface area contributed by atoms with Crippen molar-refractivity contribution in [1.82, 2.24) is 15.1 Å². The molecule has 2 aromatic rings. The molecule has 2 heterocycles. The van der Waals surface area contributed by atoms with E-state index in [0.29, 0.717) is 48.8 Å². The summed E-state index contributed by atoms with van der Waals surface area (Å²) in [6, 6.07) is 10.7. The molecular formula is C21H22FN3O4. The monoisotopic (exact) mass is 399 g/mol. The van der Waals surface area contributed by atoms with Crippen LogP contribution in [0.3, 0.4) is 0 Å². The molecule has 0 atom stereocenters. The Balaban J connectivity index is 1.22. The van der Waals surface area contributed by atoms with Crippen LogP contribution in [0.5, 0.6) is 11.5 Å². The van der Waals surface area contributed by atoms with Gasteiger partial charge >= 0.3 is 0 Å². The lowest BCUT2D eigenvalue weighted by Crippen LogP contribution is -2.50. The molecular weight excluding hydrogens is 377 g/mol. The van der Waals surface area contributed by atoms with E-state index in [9.17, 15) is 14.0 Å².